The minimum Gasteiger partial charge on any atom is -0.307 e. The lowest BCUT2D eigenvalue weighted by Gasteiger charge is -2.01. The molecule has 0 amide bonds. The second-order valence-corrected chi connectivity index (χ2v) is 3.26. The normalized spacial score (nSPS) is 10.5. The number of aromatic nitrogens is 3. The lowest BCUT2D eigenvalue weighted by Crippen LogP contribution is -2.13. The highest BCUT2D eigenvalue weighted by molar-refractivity contribution is 5.10. The molecule has 0 unspecified atom stereocenters. The second kappa shape index (κ2) is 4.65. The van der Waals surface area contributed by atoms with Crippen LogP contribution < -0.4 is 5.32 Å². The molecule has 0 bridgehead atoms. The van der Waals surface area contributed by atoms with Gasteiger partial charge in [-0.15, -0.1) is 0 Å². The molecule has 0 aliphatic rings. The Morgan fingerprint density at radius 2 is 2.00 bits per heavy atom. The molecule has 0 saturated heterocycles. The molecule has 0 aliphatic heterocycles. The van der Waals surface area contributed by atoms with E-state index in [4.69, 9.17) is 0 Å². The van der Waals surface area contributed by atoms with Crippen LogP contribution in [0.4, 0.5) is 0 Å². The monoisotopic (exact) mass is 204 g/mol. The third-order valence-electron chi connectivity index (χ3n) is 2.12. The van der Waals surface area contributed by atoms with Crippen molar-refractivity contribution in [1.82, 2.24) is 20.6 Å². The fraction of sp³-hybridized carbons (Fsp3) is 0.300. The molecule has 2 rings (SSSR count). The summed E-state index contributed by atoms with van der Waals surface area (Å²) in [5.41, 5.74) is 2.88. The first kappa shape index (κ1) is 9.79. The van der Waals surface area contributed by atoms with Crippen LogP contribution in [0.1, 0.15) is 17.0 Å². The predicted octanol–water partition coefficient (Wildman–Crippen LogP) is 1.06. The molecule has 0 radical (unpaired) electrons. The van der Waals surface area contributed by atoms with E-state index in [1.54, 1.807) is 12.4 Å². The number of pyridine rings is 1. The van der Waals surface area contributed by atoms with Crippen LogP contribution in [0, 0.1) is 6.92 Å². The maximum absolute atomic E-state index is 4.60. The molecule has 0 aromatic carbocycles. The zero-order valence-electron chi connectivity index (χ0n) is 8.47. The highest BCUT2D eigenvalue weighted by Crippen LogP contribution is 2.00. The van der Waals surface area contributed by atoms with Gasteiger partial charge in [-0.1, -0.05) is 10.3 Å². The summed E-state index contributed by atoms with van der Waals surface area (Å²) < 4.78 is 4.60. The van der Waals surface area contributed by atoms with Gasteiger partial charge in [-0.3, -0.25) is 4.98 Å². The van der Waals surface area contributed by atoms with Gasteiger partial charge in [-0.2, -0.15) is 0 Å². The Morgan fingerprint density at radius 1 is 1.20 bits per heavy atom. The Kier molecular flexibility index (Phi) is 3.04. The summed E-state index contributed by atoms with van der Waals surface area (Å²) in [6, 6.07) is 3.95. The van der Waals surface area contributed by atoms with Gasteiger partial charge in [0.25, 0.3) is 0 Å². The summed E-state index contributed by atoms with van der Waals surface area (Å²) in [7, 11) is 0. The van der Waals surface area contributed by atoms with Crippen LogP contribution in [0.2, 0.25) is 0 Å². The van der Waals surface area contributed by atoms with Crippen molar-refractivity contribution < 1.29 is 4.63 Å². The fourth-order valence-corrected chi connectivity index (χ4v) is 1.24. The molecule has 0 spiro atoms. The number of hydrogen-bond donors (Lipinski definition) is 1. The average molecular weight is 204 g/mol. The summed E-state index contributed by atoms with van der Waals surface area (Å²) >= 11 is 0. The molecule has 15 heavy (non-hydrogen) atoms. The summed E-state index contributed by atoms with van der Waals surface area (Å²) in [6.07, 6.45) is 3.56. The van der Waals surface area contributed by atoms with Crippen molar-refractivity contribution in [2.24, 2.45) is 0 Å². The van der Waals surface area contributed by atoms with E-state index in [9.17, 15) is 0 Å². The molecule has 5 heteroatoms. The van der Waals surface area contributed by atoms with Gasteiger partial charge in [0.2, 0.25) is 0 Å². The number of hydrogen-bond acceptors (Lipinski definition) is 5. The average Bonchev–Trinajstić information content (AvgIpc) is 2.66. The molecular formula is C10H12N4O. The first-order chi connectivity index (χ1) is 7.36. The lowest BCUT2D eigenvalue weighted by molar-refractivity contribution is 0.300. The summed E-state index contributed by atoms with van der Waals surface area (Å²) in [5, 5.41) is 10.7. The quantitative estimate of drug-likeness (QED) is 0.806. The van der Waals surface area contributed by atoms with Crippen molar-refractivity contribution in [3.05, 3.63) is 41.5 Å². The third kappa shape index (κ3) is 2.60. The molecule has 2 aromatic heterocycles. The number of nitrogens with zero attached hydrogens (tertiary/aromatic N) is 3. The molecule has 0 aliphatic carbocycles. The molecule has 1 N–H and O–H groups in total. The van der Waals surface area contributed by atoms with E-state index in [1.807, 2.05) is 19.1 Å². The maximum Gasteiger partial charge on any atom is 0.121 e. The van der Waals surface area contributed by atoms with Crippen molar-refractivity contribution in [3.8, 4) is 0 Å². The van der Waals surface area contributed by atoms with Crippen molar-refractivity contribution in [1.29, 1.82) is 0 Å². The largest absolute Gasteiger partial charge is 0.307 e. The smallest absolute Gasteiger partial charge is 0.121 e. The van der Waals surface area contributed by atoms with Crippen molar-refractivity contribution >= 4 is 0 Å². The Labute approximate surface area is 87.5 Å². The summed E-state index contributed by atoms with van der Waals surface area (Å²) in [6.45, 7) is 3.33. The van der Waals surface area contributed by atoms with Gasteiger partial charge >= 0.3 is 0 Å². The topological polar surface area (TPSA) is 63.8 Å². The van der Waals surface area contributed by atoms with Crippen LogP contribution in [0.5, 0.6) is 0 Å². The van der Waals surface area contributed by atoms with Crippen LogP contribution in [-0.4, -0.2) is 15.3 Å². The van der Waals surface area contributed by atoms with Crippen LogP contribution in [0.25, 0.3) is 0 Å². The molecule has 2 aromatic rings. The molecule has 0 fully saturated rings. The Morgan fingerprint density at radius 3 is 2.67 bits per heavy atom. The van der Waals surface area contributed by atoms with Crippen molar-refractivity contribution in [3.63, 3.8) is 0 Å². The zero-order valence-corrected chi connectivity index (χ0v) is 8.47. The van der Waals surface area contributed by atoms with E-state index in [0.29, 0.717) is 6.54 Å². The van der Waals surface area contributed by atoms with Gasteiger partial charge < -0.3 is 5.32 Å². The number of nitrogens with one attached hydrogen (secondary N) is 1. The minimum atomic E-state index is 0.664. The first-order valence-corrected chi connectivity index (χ1v) is 4.74. The van der Waals surface area contributed by atoms with Gasteiger partial charge in [0.15, 0.2) is 0 Å². The van der Waals surface area contributed by atoms with Crippen molar-refractivity contribution in [2.45, 2.75) is 20.0 Å². The van der Waals surface area contributed by atoms with E-state index in [1.165, 1.54) is 5.56 Å². The Balaban J connectivity index is 1.83. The van der Waals surface area contributed by atoms with Gasteiger partial charge in [0, 0.05) is 25.5 Å². The second-order valence-electron chi connectivity index (χ2n) is 3.26. The first-order valence-electron chi connectivity index (χ1n) is 4.74. The Bertz CT molecular complexity index is 412. The van der Waals surface area contributed by atoms with E-state index in [2.05, 4.69) is 25.2 Å². The summed E-state index contributed by atoms with van der Waals surface area (Å²) in [5.74, 6) is 0. The minimum absolute atomic E-state index is 0.664. The molecule has 0 atom stereocenters. The highest BCUT2D eigenvalue weighted by atomic mass is 16.6. The molecule has 2 heterocycles. The SMILES string of the molecule is Cc1nonc1CNCc1ccncc1. The van der Waals surface area contributed by atoms with E-state index >= 15 is 0 Å². The van der Waals surface area contributed by atoms with Gasteiger partial charge in [0.1, 0.15) is 11.4 Å². The molecule has 5 nitrogen and oxygen atoms in total. The highest BCUT2D eigenvalue weighted by Gasteiger charge is 2.03. The predicted molar refractivity (Wildman–Crippen MR) is 53.8 cm³/mol. The zero-order chi connectivity index (χ0) is 10.5. The summed E-state index contributed by atoms with van der Waals surface area (Å²) in [4.78, 5) is 3.95. The van der Waals surface area contributed by atoms with Crippen LogP contribution in [0.3, 0.4) is 0 Å². The van der Waals surface area contributed by atoms with Gasteiger partial charge in [0.05, 0.1) is 0 Å². The maximum atomic E-state index is 4.60. The van der Waals surface area contributed by atoms with E-state index in [-0.39, 0.29) is 0 Å². The van der Waals surface area contributed by atoms with Gasteiger partial charge in [-0.05, 0) is 24.6 Å². The van der Waals surface area contributed by atoms with Crippen LogP contribution in [0.15, 0.2) is 29.2 Å². The van der Waals surface area contributed by atoms with Gasteiger partial charge in [-0.25, -0.2) is 4.63 Å². The van der Waals surface area contributed by atoms with Crippen LogP contribution >= 0.6 is 0 Å². The number of rotatable bonds is 4. The Hall–Kier alpha value is -1.75. The number of aryl methyl sites for hydroxylation is 1. The third-order valence-corrected chi connectivity index (χ3v) is 2.12. The molecular weight excluding hydrogens is 192 g/mol. The van der Waals surface area contributed by atoms with Crippen LogP contribution in [-0.2, 0) is 13.1 Å². The van der Waals surface area contributed by atoms with Crippen molar-refractivity contribution in [2.75, 3.05) is 0 Å². The molecule has 78 valence electrons. The lowest BCUT2D eigenvalue weighted by atomic mass is 10.2. The van der Waals surface area contributed by atoms with E-state index in [0.717, 1.165) is 17.9 Å². The molecule has 0 saturated carbocycles. The fourth-order valence-electron chi connectivity index (χ4n) is 1.24. The standard InChI is InChI=1S/C10H12N4O/c1-8-10(14-15-13-8)7-12-6-9-2-4-11-5-3-9/h2-5,12H,6-7H2,1H3. The van der Waals surface area contributed by atoms with E-state index < -0.39 is 0 Å².